The van der Waals surface area contributed by atoms with Gasteiger partial charge in [-0.15, -0.1) is 0 Å². The fourth-order valence-corrected chi connectivity index (χ4v) is 5.02. The molecule has 189 valence electrons. The van der Waals surface area contributed by atoms with Crippen LogP contribution in [0, 0.1) is 10.1 Å². The van der Waals surface area contributed by atoms with E-state index in [2.05, 4.69) is 5.32 Å². The summed E-state index contributed by atoms with van der Waals surface area (Å²) in [5.41, 5.74) is -1.98. The van der Waals surface area contributed by atoms with Crippen molar-refractivity contribution in [3.05, 3.63) is 58.1 Å². The van der Waals surface area contributed by atoms with E-state index in [1.54, 1.807) is 0 Å². The molecule has 21 heteroatoms. The van der Waals surface area contributed by atoms with E-state index in [4.69, 9.17) is 0 Å². The largest absolute Gasteiger partial charge is 0.507 e. The van der Waals surface area contributed by atoms with Gasteiger partial charge in [-0.05, 0) is 24.3 Å². The van der Waals surface area contributed by atoms with Gasteiger partial charge in [0.05, 0.1) is 21.1 Å². The van der Waals surface area contributed by atoms with Crippen molar-refractivity contribution in [2.75, 3.05) is 5.32 Å². The average Bonchev–Trinajstić information content (AvgIpc) is 2.70. The van der Waals surface area contributed by atoms with Crippen LogP contribution in [0.4, 0.5) is 11.4 Å². The molecule has 0 aliphatic carbocycles. The average molecular weight is 617 g/mol. The molecule has 5 N–H and O–H groups in total. The number of hydrogen-bond acceptors (Lipinski definition) is 10. The second-order valence-corrected chi connectivity index (χ2v) is 11.0. The number of nitro groups is 1. The van der Waals surface area contributed by atoms with E-state index in [1.807, 2.05) is 0 Å². The van der Waals surface area contributed by atoms with E-state index in [0.29, 0.717) is 30.3 Å². The molecule has 0 unspecified atom stereocenters. The first kappa shape index (κ1) is 37.3. The molecule has 0 aromatic heterocycles. The minimum atomic E-state index is -5.15. The molecule has 3 aromatic rings. The summed E-state index contributed by atoms with van der Waals surface area (Å²) in [7, 11) is -15.1. The molecule has 0 aliphatic heterocycles. The molecule has 0 bridgehead atoms. The van der Waals surface area contributed by atoms with Crippen LogP contribution in [0.2, 0.25) is 0 Å². The van der Waals surface area contributed by atoms with Gasteiger partial charge in [-0.3, -0.25) is 28.6 Å². The summed E-state index contributed by atoms with van der Waals surface area (Å²) in [4.78, 5) is 19.7. The second kappa shape index (κ2) is 13.3. The second-order valence-electron chi connectivity index (χ2n) is 6.79. The van der Waals surface area contributed by atoms with Gasteiger partial charge in [0.1, 0.15) is 15.5 Å². The zero-order chi connectivity index (χ0) is 26.5. The maximum Gasteiger partial charge on any atom is 0.295 e. The molecule has 0 spiro atoms. The van der Waals surface area contributed by atoms with Crippen LogP contribution in [-0.2, 0) is 30.4 Å². The molecule has 38 heavy (non-hydrogen) atoms. The number of fused-ring (bicyclic) bond motifs is 1. The van der Waals surface area contributed by atoms with Gasteiger partial charge in [-0.25, -0.2) is 0 Å². The van der Waals surface area contributed by atoms with Gasteiger partial charge in [-0.1, -0.05) is 0 Å². The minimum Gasteiger partial charge on any atom is -0.507 e. The standard InChI is InChI=1S/C17H12N2O13S3.3Na/c20-13-7-9(33(24,25)26)6-11-14(34(27,28)29)4-3-12(16(11)13)18-17(21)10-2-1-8(19(22)23)5-15(10)35(30,31)32;;;/h1-7,20H,(H,18,21)(H,24,25,26)(H,27,28,29)(H,30,31,32);;;. The summed E-state index contributed by atoms with van der Waals surface area (Å²) in [6, 6.07) is 4.55. The minimum absolute atomic E-state index is 0. The van der Waals surface area contributed by atoms with Crippen LogP contribution >= 0.6 is 0 Å². The number of benzene rings is 3. The summed E-state index contributed by atoms with van der Waals surface area (Å²) in [5.74, 6) is -2.28. The molecule has 0 heterocycles. The van der Waals surface area contributed by atoms with E-state index in [0.717, 1.165) is 12.1 Å². The maximum absolute atomic E-state index is 12.8. The van der Waals surface area contributed by atoms with Crippen LogP contribution in [0.15, 0.2) is 57.2 Å². The van der Waals surface area contributed by atoms with Crippen LogP contribution in [0.25, 0.3) is 10.8 Å². The van der Waals surface area contributed by atoms with Gasteiger partial charge in [0.15, 0.2) is 0 Å². The van der Waals surface area contributed by atoms with Crippen molar-refractivity contribution in [1.82, 2.24) is 0 Å². The fraction of sp³-hybridized carbons (Fsp3) is 0. The predicted octanol–water partition coefficient (Wildman–Crippen LogP) is 0.304. The predicted molar refractivity (Wildman–Crippen MR) is 133 cm³/mol. The molecule has 0 aliphatic rings. The number of nitrogens with one attached hydrogen (secondary N) is 1. The Hall–Kier alpha value is -0.680. The summed E-state index contributed by atoms with van der Waals surface area (Å²) in [6.07, 6.45) is 0. The third-order valence-electron chi connectivity index (χ3n) is 4.55. The van der Waals surface area contributed by atoms with Gasteiger partial charge in [0.25, 0.3) is 41.9 Å². The number of carbonyl (C=O) groups is 1. The van der Waals surface area contributed by atoms with Crippen molar-refractivity contribution < 1.29 is 53.7 Å². The Kier molecular flexibility index (Phi) is 13.1. The van der Waals surface area contributed by atoms with E-state index in [-0.39, 0.29) is 88.7 Å². The maximum atomic E-state index is 12.8. The number of nitrogens with zero attached hydrogens (tertiary/aromatic N) is 1. The molecule has 1 amide bonds. The molecule has 0 saturated heterocycles. The number of phenols is 1. The van der Waals surface area contributed by atoms with Crippen LogP contribution in [0.1, 0.15) is 10.4 Å². The molecule has 0 saturated carbocycles. The van der Waals surface area contributed by atoms with E-state index < -0.39 is 89.3 Å². The van der Waals surface area contributed by atoms with Gasteiger partial charge in [-0.2, -0.15) is 25.3 Å². The Morgan fingerprint density at radius 1 is 0.789 bits per heavy atom. The molecule has 3 rings (SSSR count). The molecular weight excluding hydrogens is 605 g/mol. The topological polar surface area (TPSA) is 256 Å². The molecule has 15 nitrogen and oxygen atoms in total. The van der Waals surface area contributed by atoms with Crippen molar-refractivity contribution in [3.63, 3.8) is 0 Å². The Morgan fingerprint density at radius 2 is 1.34 bits per heavy atom. The van der Waals surface area contributed by atoms with Crippen molar-refractivity contribution >= 4 is 147 Å². The number of rotatable bonds is 6. The molecular formula is C17H12N2Na3O13S3. The Labute approximate surface area is 281 Å². The SMILES string of the molecule is O=C(Nc1ccc(S(=O)(=O)O)c2cc(S(=O)(=O)O)cc(O)c12)c1ccc([N+](=O)[O-])cc1S(=O)(=O)O.[Na].[Na].[Na]. The molecule has 3 radical (unpaired) electrons. The van der Waals surface area contributed by atoms with Crippen LogP contribution < -0.4 is 5.32 Å². The summed E-state index contributed by atoms with van der Waals surface area (Å²) >= 11 is 0. The number of amides is 1. The van der Waals surface area contributed by atoms with Gasteiger partial charge >= 0.3 is 0 Å². The first-order valence-corrected chi connectivity index (χ1v) is 13.1. The summed E-state index contributed by atoms with van der Waals surface area (Å²) < 4.78 is 97.9. The monoisotopic (exact) mass is 617 g/mol. The van der Waals surface area contributed by atoms with E-state index >= 15 is 0 Å². The van der Waals surface area contributed by atoms with Crippen molar-refractivity contribution in [2.24, 2.45) is 0 Å². The van der Waals surface area contributed by atoms with Crippen molar-refractivity contribution in [1.29, 1.82) is 0 Å². The molecule has 0 atom stereocenters. The number of aromatic hydroxyl groups is 1. The summed E-state index contributed by atoms with van der Waals surface area (Å²) in [6.45, 7) is 0. The molecule has 3 aromatic carbocycles. The van der Waals surface area contributed by atoms with Crippen LogP contribution in [0.3, 0.4) is 0 Å². The number of anilines is 1. The van der Waals surface area contributed by atoms with Crippen LogP contribution in [0.5, 0.6) is 5.75 Å². The van der Waals surface area contributed by atoms with Gasteiger partial charge in [0.2, 0.25) is 0 Å². The number of non-ortho nitro benzene ring substituents is 1. The third-order valence-corrected chi connectivity index (χ3v) is 7.19. The number of phenolic OH excluding ortho intramolecular Hbond substituents is 1. The number of hydrogen-bond donors (Lipinski definition) is 5. The Bertz CT molecular complexity index is 1760. The third kappa shape index (κ3) is 8.18. The fourth-order valence-electron chi connectivity index (χ4n) is 3.10. The van der Waals surface area contributed by atoms with Crippen molar-refractivity contribution in [3.8, 4) is 5.75 Å². The first-order chi connectivity index (χ1) is 15.9. The van der Waals surface area contributed by atoms with Crippen LogP contribution in [-0.4, -0.2) is 144 Å². The molecule has 0 fully saturated rings. The first-order valence-electron chi connectivity index (χ1n) is 8.73. The number of nitro benzene ring substituents is 1. The zero-order valence-corrected chi connectivity index (χ0v) is 28.1. The Morgan fingerprint density at radius 3 is 1.82 bits per heavy atom. The van der Waals surface area contributed by atoms with E-state index in [9.17, 15) is 58.9 Å². The zero-order valence-electron chi connectivity index (χ0n) is 19.7. The number of carbonyl (C=O) groups excluding carboxylic acids is 1. The smallest absolute Gasteiger partial charge is 0.295 e. The van der Waals surface area contributed by atoms with Crippen molar-refractivity contribution in [2.45, 2.75) is 14.7 Å². The quantitative estimate of drug-likeness (QED) is 0.108. The Balaban J connectivity index is 0.00000456. The van der Waals surface area contributed by atoms with Gasteiger partial charge in [0, 0.05) is 118 Å². The van der Waals surface area contributed by atoms with E-state index in [1.165, 1.54) is 0 Å². The normalized spacial score (nSPS) is 11.4. The summed E-state index contributed by atoms with van der Waals surface area (Å²) in [5, 5.41) is 22.2. The van der Waals surface area contributed by atoms with Gasteiger partial charge < -0.3 is 10.4 Å².